The van der Waals surface area contributed by atoms with Crippen LogP contribution in [0.25, 0.3) is 0 Å². The molecule has 5 nitrogen and oxygen atoms in total. The Kier molecular flexibility index (Phi) is 4.52. The van der Waals surface area contributed by atoms with Gasteiger partial charge < -0.3 is 14.8 Å². The number of nitrogens with one attached hydrogen (secondary N) is 1. The smallest absolute Gasteiger partial charge is 0.326 e. The Balaban J connectivity index is 1.71. The van der Waals surface area contributed by atoms with Crippen molar-refractivity contribution in [1.82, 2.24) is 10.2 Å². The highest BCUT2D eigenvalue weighted by Gasteiger charge is 2.50. The molecule has 4 atom stereocenters. The number of carbonyl (C=O) groups excluding carboxylic acids is 1. The number of likely N-dealkylation sites (N-methyl/N-ethyl adjacent to an activating group) is 1. The minimum absolute atomic E-state index is 0.0944. The summed E-state index contributed by atoms with van der Waals surface area (Å²) in [4.78, 5) is 14.9. The second-order valence-corrected chi connectivity index (χ2v) is 6.65. The number of ether oxygens (including phenoxy) is 2. The van der Waals surface area contributed by atoms with E-state index in [4.69, 9.17) is 9.47 Å². The predicted octanol–water partition coefficient (Wildman–Crippen LogP) is 1.31. The number of morpholine rings is 1. The molecule has 5 heteroatoms. The molecule has 1 N–H and O–H groups in total. The molecule has 0 amide bonds. The molecule has 1 aliphatic heterocycles. The molecule has 3 fully saturated rings. The predicted molar refractivity (Wildman–Crippen MR) is 80.1 cm³/mol. The monoisotopic (exact) mass is 296 g/mol. The van der Waals surface area contributed by atoms with Gasteiger partial charge in [-0.25, -0.2) is 0 Å². The topological polar surface area (TPSA) is 50.8 Å². The van der Waals surface area contributed by atoms with E-state index in [0.29, 0.717) is 18.2 Å². The van der Waals surface area contributed by atoms with Gasteiger partial charge in [0.1, 0.15) is 5.54 Å². The third kappa shape index (κ3) is 2.71. The number of hydrogen-bond acceptors (Lipinski definition) is 5. The highest BCUT2D eigenvalue weighted by molar-refractivity contribution is 5.81. The van der Waals surface area contributed by atoms with E-state index in [9.17, 15) is 4.79 Å². The van der Waals surface area contributed by atoms with Crippen molar-refractivity contribution in [2.24, 2.45) is 0 Å². The molecule has 3 rings (SSSR count). The lowest BCUT2D eigenvalue weighted by molar-refractivity contribution is -0.148. The molecule has 2 saturated carbocycles. The minimum atomic E-state index is -0.472. The molecule has 120 valence electrons. The molecule has 0 aromatic heterocycles. The molecule has 3 aliphatic rings. The van der Waals surface area contributed by atoms with E-state index in [2.05, 4.69) is 17.1 Å². The third-order valence-electron chi connectivity index (χ3n) is 5.57. The van der Waals surface area contributed by atoms with Gasteiger partial charge in [-0.05, 0) is 45.1 Å². The van der Waals surface area contributed by atoms with Gasteiger partial charge in [-0.3, -0.25) is 9.69 Å². The van der Waals surface area contributed by atoms with Crippen LogP contribution >= 0.6 is 0 Å². The van der Waals surface area contributed by atoms with Crippen molar-refractivity contribution in [2.75, 3.05) is 26.8 Å². The first-order chi connectivity index (χ1) is 10.2. The van der Waals surface area contributed by atoms with Crippen LogP contribution in [0, 0.1) is 0 Å². The third-order valence-corrected chi connectivity index (χ3v) is 5.57. The van der Waals surface area contributed by atoms with Crippen molar-refractivity contribution in [1.29, 1.82) is 0 Å². The van der Waals surface area contributed by atoms with Crippen LogP contribution in [0.4, 0.5) is 0 Å². The normalized spacial score (nSPS) is 40.2. The van der Waals surface area contributed by atoms with Gasteiger partial charge in [0, 0.05) is 18.6 Å². The Morgan fingerprint density at radius 1 is 1.43 bits per heavy atom. The molecule has 1 heterocycles. The molecule has 0 bridgehead atoms. The Morgan fingerprint density at radius 2 is 2.29 bits per heavy atom. The maximum absolute atomic E-state index is 12.3. The molecule has 0 aromatic rings. The molecular weight excluding hydrogens is 268 g/mol. The summed E-state index contributed by atoms with van der Waals surface area (Å²) in [5.41, 5.74) is -0.472. The van der Waals surface area contributed by atoms with Crippen molar-refractivity contribution in [2.45, 2.75) is 69.2 Å². The summed E-state index contributed by atoms with van der Waals surface area (Å²) >= 11 is 0. The van der Waals surface area contributed by atoms with Gasteiger partial charge in [0.05, 0.1) is 19.8 Å². The second kappa shape index (κ2) is 6.23. The molecule has 0 aromatic carbocycles. The molecule has 0 radical (unpaired) electrons. The van der Waals surface area contributed by atoms with Crippen LogP contribution in [0.2, 0.25) is 0 Å². The number of rotatable bonds is 4. The van der Waals surface area contributed by atoms with Gasteiger partial charge in [-0.15, -0.1) is 0 Å². The number of carbonyl (C=O) groups is 1. The van der Waals surface area contributed by atoms with Crippen molar-refractivity contribution < 1.29 is 14.3 Å². The molecule has 4 unspecified atom stereocenters. The summed E-state index contributed by atoms with van der Waals surface area (Å²) in [5.74, 6) is -0.0944. The summed E-state index contributed by atoms with van der Waals surface area (Å²) in [6, 6.07) is 1.05. The summed E-state index contributed by atoms with van der Waals surface area (Å²) in [7, 11) is 1.50. The van der Waals surface area contributed by atoms with E-state index in [0.717, 1.165) is 39.0 Å². The number of methoxy groups -OCH3 is 1. The summed E-state index contributed by atoms with van der Waals surface area (Å²) < 4.78 is 11.0. The lowest BCUT2D eigenvalue weighted by Gasteiger charge is -2.42. The largest absolute Gasteiger partial charge is 0.468 e. The van der Waals surface area contributed by atoms with Crippen molar-refractivity contribution >= 4 is 5.97 Å². The van der Waals surface area contributed by atoms with E-state index >= 15 is 0 Å². The number of nitrogens with zero attached hydrogens (tertiary/aromatic N) is 1. The highest BCUT2D eigenvalue weighted by Crippen LogP contribution is 2.39. The van der Waals surface area contributed by atoms with E-state index < -0.39 is 5.54 Å². The number of hydrogen-bond donors (Lipinski definition) is 1. The summed E-state index contributed by atoms with van der Waals surface area (Å²) in [6.45, 7) is 4.70. The minimum Gasteiger partial charge on any atom is -0.468 e. The van der Waals surface area contributed by atoms with Crippen LogP contribution in [-0.2, 0) is 14.3 Å². The van der Waals surface area contributed by atoms with E-state index in [1.165, 1.54) is 26.4 Å². The van der Waals surface area contributed by atoms with Gasteiger partial charge >= 0.3 is 5.97 Å². The van der Waals surface area contributed by atoms with Crippen LogP contribution in [0.1, 0.15) is 45.4 Å². The van der Waals surface area contributed by atoms with Crippen molar-refractivity contribution in [3.8, 4) is 0 Å². The Bertz CT molecular complexity index is 390. The van der Waals surface area contributed by atoms with E-state index in [-0.39, 0.29) is 5.97 Å². The average Bonchev–Trinajstić information content (AvgIpc) is 3.13. The quantitative estimate of drug-likeness (QED) is 0.793. The SMILES string of the molecule is CCNC1(C(=O)OC)CCC(N2CCOC3CCCC32)C1. The van der Waals surface area contributed by atoms with Gasteiger partial charge in [0.15, 0.2) is 0 Å². The fraction of sp³-hybridized carbons (Fsp3) is 0.938. The van der Waals surface area contributed by atoms with Crippen LogP contribution in [-0.4, -0.2) is 61.4 Å². The maximum Gasteiger partial charge on any atom is 0.326 e. The Hall–Kier alpha value is -0.650. The first kappa shape index (κ1) is 15.3. The lowest BCUT2D eigenvalue weighted by Crippen LogP contribution is -2.55. The fourth-order valence-corrected chi connectivity index (χ4v) is 4.66. The second-order valence-electron chi connectivity index (χ2n) is 6.65. The van der Waals surface area contributed by atoms with Crippen LogP contribution in [0.3, 0.4) is 0 Å². The Labute approximate surface area is 127 Å². The van der Waals surface area contributed by atoms with Gasteiger partial charge in [0.25, 0.3) is 0 Å². The van der Waals surface area contributed by atoms with Crippen molar-refractivity contribution in [3.05, 3.63) is 0 Å². The summed E-state index contributed by atoms with van der Waals surface area (Å²) in [5, 5.41) is 3.40. The van der Waals surface area contributed by atoms with E-state index in [1.54, 1.807) is 0 Å². The zero-order valence-electron chi connectivity index (χ0n) is 13.3. The highest BCUT2D eigenvalue weighted by atomic mass is 16.5. The molecule has 0 spiro atoms. The first-order valence-electron chi connectivity index (χ1n) is 8.41. The fourth-order valence-electron chi connectivity index (χ4n) is 4.66. The zero-order valence-corrected chi connectivity index (χ0v) is 13.3. The van der Waals surface area contributed by atoms with Crippen molar-refractivity contribution in [3.63, 3.8) is 0 Å². The maximum atomic E-state index is 12.3. The van der Waals surface area contributed by atoms with Crippen LogP contribution in [0.5, 0.6) is 0 Å². The Morgan fingerprint density at radius 3 is 3.05 bits per heavy atom. The summed E-state index contributed by atoms with van der Waals surface area (Å²) in [6.07, 6.45) is 6.96. The standard InChI is InChI=1S/C16H28N2O3/c1-3-17-16(15(19)20-2)8-7-12(11-16)18-9-10-21-14-6-4-5-13(14)18/h12-14,17H,3-11H2,1-2H3. The number of esters is 1. The number of fused-ring (bicyclic) bond motifs is 1. The molecule has 2 aliphatic carbocycles. The molecular formula is C16H28N2O3. The first-order valence-corrected chi connectivity index (χ1v) is 8.41. The zero-order chi connectivity index (χ0) is 14.9. The molecule has 1 saturated heterocycles. The van der Waals surface area contributed by atoms with Crippen LogP contribution in [0.15, 0.2) is 0 Å². The van der Waals surface area contributed by atoms with Gasteiger partial charge in [-0.1, -0.05) is 6.92 Å². The lowest BCUT2D eigenvalue weighted by atomic mass is 9.96. The van der Waals surface area contributed by atoms with E-state index in [1.807, 2.05) is 0 Å². The van der Waals surface area contributed by atoms with Crippen LogP contribution < -0.4 is 5.32 Å². The average molecular weight is 296 g/mol. The molecule has 21 heavy (non-hydrogen) atoms. The van der Waals surface area contributed by atoms with Gasteiger partial charge in [0.2, 0.25) is 0 Å². The van der Waals surface area contributed by atoms with Gasteiger partial charge in [-0.2, -0.15) is 0 Å².